The van der Waals surface area contributed by atoms with E-state index in [0.29, 0.717) is 0 Å². The minimum absolute atomic E-state index is 0.789. The van der Waals surface area contributed by atoms with Crippen molar-refractivity contribution >= 4 is 5.91 Å². The van der Waals surface area contributed by atoms with Crippen LogP contribution >= 0.6 is 0 Å². The number of nitrogens with two attached hydrogens (primary N) is 1. The van der Waals surface area contributed by atoms with Crippen molar-refractivity contribution in [2.24, 2.45) is 5.73 Å². The van der Waals surface area contributed by atoms with E-state index < -0.39 is 30.3 Å². The Bertz CT molecular complexity index is 186. The van der Waals surface area contributed by atoms with Crippen molar-refractivity contribution < 1.29 is 26.6 Å². The van der Waals surface area contributed by atoms with Crippen molar-refractivity contribution in [3.8, 4) is 0 Å². The number of hydrogen-bond acceptors (Lipinski definition) is 5. The third-order valence-electron chi connectivity index (χ3n) is 1.59. The van der Waals surface area contributed by atoms with Crippen LogP contribution in [0.25, 0.3) is 0 Å². The summed E-state index contributed by atoms with van der Waals surface area (Å²) in [7, 11) is 0. The molecule has 0 radical (unpaired) electrons. The fraction of sp³-hybridized carbons (Fsp3) is 0.833. The number of hydrogen-bond donors (Lipinski definition) is 5. The van der Waals surface area contributed by atoms with Gasteiger partial charge in [0.1, 0.15) is 12.2 Å². The van der Waals surface area contributed by atoms with E-state index in [1.807, 2.05) is 0 Å². The zero-order valence-electron chi connectivity index (χ0n) is 7.56. The lowest BCUT2D eigenvalue weighted by Gasteiger charge is -2.28. The van der Waals surface area contributed by atoms with Crippen molar-refractivity contribution in [3.63, 3.8) is 0 Å². The monoisotopic (exact) mass is 180 g/mol. The molecule has 72 valence electrons. The molecular formula is C6H13NO5. The number of carbonyl (C=O) groups excluding carboxylic acids is 1. The molecule has 0 saturated carbocycles. The number of primary amides is 1. The molecule has 0 aromatic heterocycles. The number of rotatable bonds is 4. The smallest absolute Gasteiger partial charge is 0.251 e. The van der Waals surface area contributed by atoms with E-state index in [4.69, 9.17) is 16.7 Å². The summed E-state index contributed by atoms with van der Waals surface area (Å²) in [5, 5.41) is 35.8. The van der Waals surface area contributed by atoms with Crippen molar-refractivity contribution in [1.29, 1.82) is 0 Å². The predicted molar refractivity (Wildman–Crippen MR) is 38.9 cm³/mol. The number of carbonyl (C=O) groups is 1. The normalized spacial score (nSPS) is 21.9. The van der Waals surface area contributed by atoms with Gasteiger partial charge in [0.05, 0.1) is 6.61 Å². The summed E-state index contributed by atoms with van der Waals surface area (Å²) >= 11 is 0. The first-order valence-corrected chi connectivity index (χ1v) is 3.29. The van der Waals surface area contributed by atoms with Crippen LogP contribution in [0, 0.1) is 0 Å². The molecule has 0 saturated heterocycles. The maximum atomic E-state index is 10.8. The Kier molecular flexibility index (Phi) is 2.99. The van der Waals surface area contributed by atoms with Crippen molar-refractivity contribution in [2.75, 3.05) is 6.61 Å². The molecule has 0 unspecified atom stereocenters. The van der Waals surface area contributed by atoms with E-state index in [0.717, 1.165) is 6.92 Å². The van der Waals surface area contributed by atoms with Crippen LogP contribution in [0.2, 0.25) is 1.41 Å². The first kappa shape index (κ1) is 9.40. The Morgan fingerprint density at radius 3 is 2.58 bits per heavy atom. The van der Waals surface area contributed by atoms with Gasteiger partial charge in [0, 0.05) is 0 Å². The van der Waals surface area contributed by atoms with Crippen LogP contribution < -0.4 is 5.73 Å². The van der Waals surface area contributed by atoms with Gasteiger partial charge in [-0.15, -0.1) is 0 Å². The molecular weight excluding hydrogens is 166 g/mol. The van der Waals surface area contributed by atoms with Crippen LogP contribution in [0.5, 0.6) is 0 Å². The minimum atomic E-state index is -2.30. The Balaban J connectivity index is 4.52. The fourth-order valence-corrected chi connectivity index (χ4v) is 0.609. The van der Waals surface area contributed by atoms with Crippen LogP contribution in [0.3, 0.4) is 0 Å². The summed E-state index contributed by atoms with van der Waals surface area (Å²) in [4.78, 5) is 10.8. The van der Waals surface area contributed by atoms with E-state index in [2.05, 4.69) is 0 Å². The van der Waals surface area contributed by atoms with Crippen LogP contribution in [-0.4, -0.2) is 50.7 Å². The molecule has 3 atom stereocenters. The number of aliphatic hydroxyl groups is 4. The maximum absolute atomic E-state index is 10.8. The Hall–Kier alpha value is -0.690. The van der Waals surface area contributed by atoms with Crippen molar-refractivity contribution in [2.45, 2.75) is 24.7 Å². The maximum Gasteiger partial charge on any atom is 0.251 e. The number of amides is 1. The second-order valence-corrected chi connectivity index (χ2v) is 2.67. The molecule has 0 aromatic rings. The van der Waals surface area contributed by atoms with Crippen LogP contribution in [0.4, 0.5) is 0 Å². The lowest BCUT2D eigenvalue weighted by molar-refractivity contribution is -0.159. The van der Waals surface area contributed by atoms with E-state index >= 15 is 0 Å². The molecule has 12 heavy (non-hydrogen) atoms. The molecule has 0 rings (SSSR count). The zero-order valence-corrected chi connectivity index (χ0v) is 6.56. The average molecular weight is 180 g/mol. The lowest BCUT2D eigenvalue weighted by Crippen LogP contribution is -2.56. The molecule has 6 N–H and O–H groups in total. The highest BCUT2D eigenvalue weighted by Crippen LogP contribution is 2.12. The standard InChI is InChI=1S/C6H13NO5/c1-6(12,5(7)11)4(10)3(9)2-8/h3-4,8-10,12H,2H2,1H3,(H2,7,11)/t3-,4-,6-/m1/s1/i/hD. The van der Waals surface area contributed by atoms with E-state index in [-0.39, 0.29) is 0 Å². The molecule has 0 aliphatic carbocycles. The molecule has 6 nitrogen and oxygen atoms in total. The Labute approximate surface area is 70.7 Å². The summed E-state index contributed by atoms with van der Waals surface area (Å²) in [5.41, 5.74) is -0.928. The largest absolute Gasteiger partial charge is 0.394 e. The highest BCUT2D eigenvalue weighted by molar-refractivity contribution is 5.83. The van der Waals surface area contributed by atoms with Crippen LogP contribution in [-0.2, 0) is 4.79 Å². The average Bonchev–Trinajstić information content (AvgIpc) is 2.13. The first-order chi connectivity index (χ1) is 5.87. The molecule has 1 amide bonds. The minimum Gasteiger partial charge on any atom is -0.394 e. The van der Waals surface area contributed by atoms with Gasteiger partial charge in [-0.25, -0.2) is 0 Å². The Morgan fingerprint density at radius 1 is 1.75 bits per heavy atom. The van der Waals surface area contributed by atoms with Gasteiger partial charge in [-0.3, -0.25) is 4.79 Å². The molecule has 0 fully saturated rings. The second kappa shape index (κ2) is 3.81. The van der Waals surface area contributed by atoms with Gasteiger partial charge in [0.2, 0.25) is 0 Å². The van der Waals surface area contributed by atoms with Gasteiger partial charge in [0.15, 0.2) is 7.01 Å². The molecule has 0 aliphatic heterocycles. The second-order valence-electron chi connectivity index (χ2n) is 2.67. The Morgan fingerprint density at radius 2 is 2.25 bits per heavy atom. The molecule has 0 bridgehead atoms. The molecule has 0 spiro atoms. The highest BCUT2D eigenvalue weighted by atomic mass is 16.4. The van der Waals surface area contributed by atoms with Crippen molar-refractivity contribution in [3.05, 3.63) is 0 Å². The lowest BCUT2D eigenvalue weighted by atomic mass is 9.94. The van der Waals surface area contributed by atoms with Gasteiger partial charge in [-0.2, -0.15) is 0 Å². The van der Waals surface area contributed by atoms with E-state index in [9.17, 15) is 9.90 Å². The third-order valence-corrected chi connectivity index (χ3v) is 1.59. The summed E-state index contributed by atoms with van der Waals surface area (Å²) in [6.45, 7) is 0.142. The van der Waals surface area contributed by atoms with E-state index in [1.165, 1.54) is 5.73 Å². The van der Waals surface area contributed by atoms with Gasteiger partial charge in [0.25, 0.3) is 5.91 Å². The van der Waals surface area contributed by atoms with Crippen LogP contribution in [0.15, 0.2) is 0 Å². The van der Waals surface area contributed by atoms with Gasteiger partial charge in [-0.05, 0) is 6.92 Å². The quantitative estimate of drug-likeness (QED) is 0.314. The van der Waals surface area contributed by atoms with E-state index in [1.54, 1.807) is 0 Å². The SMILES string of the molecule is [2H]NC(=O)[C@](C)(O)[C@H](O)[C@H](O)CO. The van der Waals surface area contributed by atoms with Crippen molar-refractivity contribution in [1.82, 2.24) is 0 Å². The zero-order chi connectivity index (χ0) is 10.6. The van der Waals surface area contributed by atoms with Gasteiger partial charge in [-0.1, -0.05) is 0 Å². The molecule has 0 aromatic carbocycles. The summed E-state index contributed by atoms with van der Waals surface area (Å²) in [6, 6.07) is 0. The molecule has 0 aliphatic rings. The van der Waals surface area contributed by atoms with Gasteiger partial charge >= 0.3 is 0 Å². The number of aliphatic hydroxyl groups excluding tert-OH is 3. The van der Waals surface area contributed by atoms with Gasteiger partial charge < -0.3 is 26.2 Å². The molecule has 0 heterocycles. The topological polar surface area (TPSA) is 124 Å². The predicted octanol–water partition coefficient (Wildman–Crippen LogP) is -3.06. The summed E-state index contributed by atoms with van der Waals surface area (Å²) < 4.78 is 6.44. The van der Waals surface area contributed by atoms with Crippen LogP contribution in [0.1, 0.15) is 6.92 Å². The summed E-state index contributed by atoms with van der Waals surface area (Å²) in [6.07, 6.45) is -3.48. The summed E-state index contributed by atoms with van der Waals surface area (Å²) in [5.74, 6) is -1.16. The molecule has 6 heteroatoms. The first-order valence-electron chi connectivity index (χ1n) is 3.79. The highest BCUT2D eigenvalue weighted by Gasteiger charge is 2.40. The third kappa shape index (κ3) is 2.15. The fourth-order valence-electron chi connectivity index (χ4n) is 0.609.